The highest BCUT2D eigenvalue weighted by Gasteiger charge is 2.19. The molecular formula is C15H17ClN6O4. The summed E-state index contributed by atoms with van der Waals surface area (Å²) < 4.78 is 8.07. The Bertz CT molecular complexity index is 1040. The van der Waals surface area contributed by atoms with Crippen molar-refractivity contribution in [2.45, 2.75) is 12.6 Å². The fraction of sp³-hybridized carbons (Fsp3) is 0.267. The van der Waals surface area contributed by atoms with Gasteiger partial charge in [-0.25, -0.2) is 10.6 Å². The minimum absolute atomic E-state index is 0.0229. The first kappa shape index (κ1) is 18.0. The maximum absolute atomic E-state index is 12.2. The Morgan fingerprint density at radius 2 is 2.08 bits per heavy atom. The van der Waals surface area contributed by atoms with Crippen LogP contribution in [0.15, 0.2) is 33.9 Å². The number of aliphatic hydroxyl groups excluding tert-OH is 1. The van der Waals surface area contributed by atoms with Crippen LogP contribution in [-0.2, 0) is 13.6 Å². The van der Waals surface area contributed by atoms with Gasteiger partial charge in [0, 0.05) is 12.1 Å². The number of nitrogens with zero attached hydrogens (tertiary/aromatic N) is 3. The van der Waals surface area contributed by atoms with E-state index in [1.807, 2.05) is 0 Å². The second-order valence-corrected chi connectivity index (χ2v) is 6.04. The molecule has 1 atom stereocenters. The highest BCUT2D eigenvalue weighted by molar-refractivity contribution is 6.30. The minimum Gasteiger partial charge on any atom is -0.491 e. The number of halogens is 1. The maximum atomic E-state index is 12.2. The van der Waals surface area contributed by atoms with Gasteiger partial charge in [-0.3, -0.25) is 19.8 Å². The lowest BCUT2D eigenvalue weighted by Gasteiger charge is -2.15. The predicted molar refractivity (Wildman–Crippen MR) is 96.4 cm³/mol. The van der Waals surface area contributed by atoms with Crippen LogP contribution >= 0.6 is 11.6 Å². The molecule has 0 spiro atoms. The summed E-state index contributed by atoms with van der Waals surface area (Å²) in [4.78, 5) is 30.2. The third-order valence-electron chi connectivity index (χ3n) is 3.79. The number of anilines is 1. The van der Waals surface area contributed by atoms with E-state index < -0.39 is 17.4 Å². The van der Waals surface area contributed by atoms with E-state index >= 15 is 0 Å². The number of fused-ring (bicyclic) bond motifs is 1. The number of ether oxygens (including phenoxy) is 1. The van der Waals surface area contributed by atoms with Crippen molar-refractivity contribution in [3.63, 3.8) is 0 Å². The van der Waals surface area contributed by atoms with Crippen LogP contribution in [0.25, 0.3) is 11.2 Å². The first-order chi connectivity index (χ1) is 12.4. The molecule has 0 unspecified atom stereocenters. The third kappa shape index (κ3) is 3.43. The quantitative estimate of drug-likeness (QED) is 0.343. The Morgan fingerprint density at radius 1 is 1.38 bits per heavy atom. The van der Waals surface area contributed by atoms with Gasteiger partial charge in [-0.2, -0.15) is 4.98 Å². The number of imidazole rings is 1. The summed E-state index contributed by atoms with van der Waals surface area (Å²) in [7, 11) is 1.47. The summed E-state index contributed by atoms with van der Waals surface area (Å²) in [6.07, 6.45) is -0.966. The molecule has 0 aliphatic heterocycles. The van der Waals surface area contributed by atoms with Crippen molar-refractivity contribution >= 4 is 28.7 Å². The summed E-state index contributed by atoms with van der Waals surface area (Å²) in [5, 5.41) is 10.9. The Hall–Kier alpha value is -2.82. The van der Waals surface area contributed by atoms with Crippen molar-refractivity contribution in [2.24, 2.45) is 12.9 Å². The van der Waals surface area contributed by atoms with Crippen LogP contribution in [0.1, 0.15) is 0 Å². The molecule has 2 heterocycles. The Morgan fingerprint density at radius 3 is 2.73 bits per heavy atom. The molecule has 3 rings (SSSR count). The van der Waals surface area contributed by atoms with Gasteiger partial charge in [-0.15, -0.1) is 0 Å². The second kappa shape index (κ2) is 7.20. The third-order valence-corrected chi connectivity index (χ3v) is 4.04. The number of aromatic amines is 1. The SMILES string of the molecule is Cn1c(=O)[nH]c(=O)c2c1nc(NN)n2C[C@@H](O)COc1ccc(Cl)cc1. The number of nitrogens with two attached hydrogens (primary N) is 1. The van der Waals surface area contributed by atoms with Gasteiger partial charge in [0.2, 0.25) is 5.95 Å². The van der Waals surface area contributed by atoms with Crippen LogP contribution in [-0.4, -0.2) is 36.9 Å². The van der Waals surface area contributed by atoms with Crippen LogP contribution in [0.2, 0.25) is 5.02 Å². The molecule has 1 aromatic carbocycles. The smallest absolute Gasteiger partial charge is 0.329 e. The molecule has 138 valence electrons. The molecule has 26 heavy (non-hydrogen) atoms. The second-order valence-electron chi connectivity index (χ2n) is 5.60. The number of nitrogens with one attached hydrogen (secondary N) is 2. The summed E-state index contributed by atoms with van der Waals surface area (Å²) in [5.74, 6) is 6.13. The van der Waals surface area contributed by atoms with Gasteiger partial charge < -0.3 is 14.4 Å². The standard InChI is InChI=1S/C15H17ClN6O4/c1-21-12-11(13(24)19-15(21)25)22(14(18-12)20-17)6-9(23)7-26-10-4-2-8(16)3-5-10/h2-5,9,23H,6-7,17H2,1H3,(H,18,20)(H,19,24,25)/t9-/m1/s1. The number of rotatable bonds is 6. The zero-order valence-corrected chi connectivity index (χ0v) is 14.5. The monoisotopic (exact) mass is 380 g/mol. The molecule has 0 fully saturated rings. The molecule has 0 amide bonds. The molecule has 11 heteroatoms. The summed E-state index contributed by atoms with van der Waals surface area (Å²) in [5.41, 5.74) is 1.41. The Kier molecular flexibility index (Phi) is 4.98. The average molecular weight is 381 g/mol. The molecule has 3 aromatic rings. The largest absolute Gasteiger partial charge is 0.491 e. The van der Waals surface area contributed by atoms with Crippen molar-refractivity contribution < 1.29 is 9.84 Å². The lowest BCUT2D eigenvalue weighted by Crippen LogP contribution is -2.31. The minimum atomic E-state index is -0.966. The van der Waals surface area contributed by atoms with E-state index in [1.54, 1.807) is 24.3 Å². The average Bonchev–Trinajstić information content (AvgIpc) is 2.98. The number of benzene rings is 1. The molecule has 0 saturated carbocycles. The normalized spacial score (nSPS) is 12.3. The highest BCUT2D eigenvalue weighted by Crippen LogP contribution is 2.17. The fourth-order valence-corrected chi connectivity index (χ4v) is 2.64. The summed E-state index contributed by atoms with van der Waals surface area (Å²) >= 11 is 5.81. The van der Waals surface area contributed by atoms with Crippen LogP contribution < -0.4 is 27.3 Å². The van der Waals surface area contributed by atoms with Crippen LogP contribution in [0.3, 0.4) is 0 Å². The molecule has 2 aromatic heterocycles. The summed E-state index contributed by atoms with van der Waals surface area (Å²) in [6, 6.07) is 6.69. The van der Waals surface area contributed by atoms with Crippen molar-refractivity contribution in [1.82, 2.24) is 19.1 Å². The molecule has 5 N–H and O–H groups in total. The highest BCUT2D eigenvalue weighted by atomic mass is 35.5. The van der Waals surface area contributed by atoms with Crippen LogP contribution in [0.5, 0.6) is 5.75 Å². The summed E-state index contributed by atoms with van der Waals surface area (Å²) in [6.45, 7) is -0.0557. The molecule has 0 aliphatic rings. The van der Waals surface area contributed by atoms with Gasteiger partial charge in [0.1, 0.15) is 18.5 Å². The Balaban J connectivity index is 1.85. The number of hydrogen-bond donors (Lipinski definition) is 4. The first-order valence-corrected chi connectivity index (χ1v) is 8.01. The number of H-pyrrole nitrogens is 1. The lowest BCUT2D eigenvalue weighted by atomic mass is 10.3. The zero-order valence-electron chi connectivity index (χ0n) is 13.8. The van der Waals surface area contributed by atoms with Crippen LogP contribution in [0, 0.1) is 0 Å². The molecule has 0 bridgehead atoms. The van der Waals surface area contributed by atoms with E-state index in [1.165, 1.54) is 16.2 Å². The van der Waals surface area contributed by atoms with Crippen LogP contribution in [0.4, 0.5) is 5.95 Å². The molecule has 0 aliphatic carbocycles. The molecule has 0 radical (unpaired) electrons. The van der Waals surface area contributed by atoms with Gasteiger partial charge in [-0.1, -0.05) is 11.6 Å². The van der Waals surface area contributed by atoms with Crippen molar-refractivity contribution in [2.75, 3.05) is 12.0 Å². The zero-order chi connectivity index (χ0) is 18.8. The van der Waals surface area contributed by atoms with Crippen molar-refractivity contribution in [3.05, 3.63) is 50.1 Å². The Labute approximate surface area is 151 Å². The van der Waals surface area contributed by atoms with E-state index in [2.05, 4.69) is 15.4 Å². The van der Waals surface area contributed by atoms with E-state index in [0.717, 1.165) is 0 Å². The number of hydrogen-bond acceptors (Lipinski definition) is 7. The topological polar surface area (TPSA) is 140 Å². The number of aryl methyl sites for hydroxylation is 1. The number of aliphatic hydroxyl groups is 1. The lowest BCUT2D eigenvalue weighted by molar-refractivity contribution is 0.0938. The fourth-order valence-electron chi connectivity index (χ4n) is 2.51. The van der Waals surface area contributed by atoms with Crippen molar-refractivity contribution in [3.8, 4) is 5.75 Å². The number of nitrogen functional groups attached to an aromatic ring is 1. The molecule has 10 nitrogen and oxygen atoms in total. The van der Waals surface area contributed by atoms with Crippen molar-refractivity contribution in [1.29, 1.82) is 0 Å². The molecular weight excluding hydrogens is 364 g/mol. The first-order valence-electron chi connectivity index (χ1n) is 7.63. The predicted octanol–water partition coefficient (Wildman–Crippen LogP) is -0.198. The van der Waals surface area contributed by atoms with Gasteiger partial charge in [0.05, 0.1) is 6.54 Å². The van der Waals surface area contributed by atoms with E-state index in [0.29, 0.717) is 10.8 Å². The van der Waals surface area contributed by atoms with Gasteiger partial charge in [-0.05, 0) is 24.3 Å². The molecule has 0 saturated heterocycles. The van der Waals surface area contributed by atoms with Gasteiger partial charge >= 0.3 is 5.69 Å². The number of aromatic nitrogens is 4. The van der Waals surface area contributed by atoms with E-state index in [9.17, 15) is 14.7 Å². The maximum Gasteiger partial charge on any atom is 0.329 e. The van der Waals surface area contributed by atoms with E-state index in [-0.39, 0.29) is 30.3 Å². The van der Waals surface area contributed by atoms with Gasteiger partial charge in [0.25, 0.3) is 5.56 Å². The van der Waals surface area contributed by atoms with E-state index in [4.69, 9.17) is 22.2 Å². The van der Waals surface area contributed by atoms with Gasteiger partial charge in [0.15, 0.2) is 11.2 Å². The number of hydrazine groups is 1.